The molecule has 1 aromatic carbocycles. The predicted molar refractivity (Wildman–Crippen MR) is 92.3 cm³/mol. The van der Waals surface area contributed by atoms with Crippen LogP contribution in [0.5, 0.6) is 5.75 Å². The second-order valence-electron chi connectivity index (χ2n) is 6.66. The molecular formula is C18H29N3O2. The molecule has 0 heterocycles. The van der Waals surface area contributed by atoms with Crippen molar-refractivity contribution in [3.63, 3.8) is 0 Å². The van der Waals surface area contributed by atoms with Gasteiger partial charge in [-0.05, 0) is 44.0 Å². The number of hydrogen-bond acceptors (Lipinski definition) is 4. The fraction of sp³-hybridized carbons (Fsp3) is 0.611. The number of nitrogens with two attached hydrogens (primary N) is 1. The van der Waals surface area contributed by atoms with E-state index in [-0.39, 0.29) is 11.7 Å². The molecule has 0 spiro atoms. The van der Waals surface area contributed by atoms with Crippen LogP contribution in [0, 0.1) is 0 Å². The lowest BCUT2D eigenvalue weighted by Gasteiger charge is -2.28. The fourth-order valence-corrected chi connectivity index (χ4v) is 3.20. The molecule has 3 N–H and O–H groups in total. The van der Waals surface area contributed by atoms with Crippen LogP contribution in [0.3, 0.4) is 0 Å². The minimum absolute atomic E-state index is 0.0297. The second-order valence-corrected chi connectivity index (χ2v) is 6.66. The first-order valence-electron chi connectivity index (χ1n) is 8.46. The van der Waals surface area contributed by atoms with Gasteiger partial charge in [0.15, 0.2) is 0 Å². The van der Waals surface area contributed by atoms with Crippen molar-refractivity contribution in [2.75, 3.05) is 27.2 Å². The first-order valence-corrected chi connectivity index (χ1v) is 8.46. The molecule has 0 bridgehead atoms. The molecule has 1 amide bonds. The average Bonchev–Trinajstić information content (AvgIpc) is 3.08. The van der Waals surface area contributed by atoms with Crippen molar-refractivity contribution < 1.29 is 9.90 Å². The Kier molecular flexibility index (Phi) is 6.42. The number of carbonyl (C=O) groups excluding carboxylic acids is 1. The minimum Gasteiger partial charge on any atom is -0.508 e. The number of amides is 1. The molecule has 1 aliphatic carbocycles. The highest BCUT2D eigenvalue weighted by Gasteiger charge is 2.22. The maximum absolute atomic E-state index is 12.4. The van der Waals surface area contributed by atoms with Crippen LogP contribution in [0.15, 0.2) is 24.3 Å². The summed E-state index contributed by atoms with van der Waals surface area (Å²) in [7, 11) is 3.96. The van der Waals surface area contributed by atoms with Crippen molar-refractivity contribution in [1.82, 2.24) is 9.80 Å². The van der Waals surface area contributed by atoms with Crippen LogP contribution in [-0.4, -0.2) is 60.1 Å². The van der Waals surface area contributed by atoms with Gasteiger partial charge in [0.25, 0.3) is 0 Å². The predicted octanol–water partition coefficient (Wildman–Crippen LogP) is 1.59. The molecule has 2 rings (SSSR count). The summed E-state index contributed by atoms with van der Waals surface area (Å²) >= 11 is 0. The number of benzene rings is 1. The molecule has 5 heteroatoms. The molecule has 1 saturated carbocycles. The zero-order valence-electron chi connectivity index (χ0n) is 14.2. The second kappa shape index (κ2) is 8.31. The molecular weight excluding hydrogens is 290 g/mol. The average molecular weight is 319 g/mol. The van der Waals surface area contributed by atoms with Crippen molar-refractivity contribution in [3.05, 3.63) is 29.8 Å². The molecule has 1 fully saturated rings. The highest BCUT2D eigenvalue weighted by atomic mass is 16.3. The molecule has 0 radical (unpaired) electrons. The summed E-state index contributed by atoms with van der Waals surface area (Å²) in [6, 6.07) is 6.97. The van der Waals surface area contributed by atoms with Gasteiger partial charge in [-0.25, -0.2) is 0 Å². The molecule has 0 saturated heterocycles. The van der Waals surface area contributed by atoms with Crippen LogP contribution in [0.1, 0.15) is 31.2 Å². The molecule has 0 aromatic heterocycles. The highest BCUT2D eigenvalue weighted by Crippen LogP contribution is 2.22. The quantitative estimate of drug-likeness (QED) is 0.801. The van der Waals surface area contributed by atoms with Crippen LogP contribution in [-0.2, 0) is 11.2 Å². The van der Waals surface area contributed by atoms with Crippen molar-refractivity contribution in [2.24, 2.45) is 5.73 Å². The van der Waals surface area contributed by atoms with Crippen LogP contribution in [0.4, 0.5) is 0 Å². The van der Waals surface area contributed by atoms with E-state index in [2.05, 4.69) is 11.9 Å². The molecule has 23 heavy (non-hydrogen) atoms. The summed E-state index contributed by atoms with van der Waals surface area (Å²) in [6.45, 7) is 1.59. The number of rotatable bonds is 7. The molecule has 128 valence electrons. The Bertz CT molecular complexity index is 497. The number of aromatic hydroxyl groups is 1. The van der Waals surface area contributed by atoms with Gasteiger partial charge in [0.1, 0.15) is 5.75 Å². The largest absolute Gasteiger partial charge is 0.508 e. The Morgan fingerprint density at radius 2 is 1.83 bits per heavy atom. The third-order valence-electron chi connectivity index (χ3n) is 4.82. The topological polar surface area (TPSA) is 69.8 Å². The third kappa shape index (κ3) is 5.22. The summed E-state index contributed by atoms with van der Waals surface area (Å²) in [5.74, 6) is 0.193. The first-order chi connectivity index (χ1) is 11.0. The maximum Gasteiger partial charge on any atom is 0.239 e. The van der Waals surface area contributed by atoms with E-state index in [1.807, 2.05) is 7.05 Å². The van der Waals surface area contributed by atoms with Gasteiger partial charge >= 0.3 is 0 Å². The summed E-state index contributed by atoms with van der Waals surface area (Å²) in [5.41, 5.74) is 7.01. The smallest absolute Gasteiger partial charge is 0.239 e. The Balaban J connectivity index is 1.77. The van der Waals surface area contributed by atoms with E-state index in [0.29, 0.717) is 19.0 Å². The molecule has 0 aliphatic heterocycles. The van der Waals surface area contributed by atoms with Crippen molar-refractivity contribution in [3.8, 4) is 5.75 Å². The van der Waals surface area contributed by atoms with Crippen molar-refractivity contribution in [2.45, 2.75) is 44.2 Å². The molecule has 1 atom stereocenters. The normalized spacial score (nSPS) is 16.7. The molecule has 1 aromatic rings. The minimum atomic E-state index is -0.540. The van der Waals surface area contributed by atoms with E-state index in [0.717, 1.165) is 12.1 Å². The van der Waals surface area contributed by atoms with Crippen molar-refractivity contribution >= 4 is 5.91 Å². The lowest BCUT2D eigenvalue weighted by Crippen LogP contribution is -2.46. The number of nitrogens with zero attached hydrogens (tertiary/aromatic N) is 2. The van der Waals surface area contributed by atoms with Gasteiger partial charge in [-0.15, -0.1) is 0 Å². The van der Waals surface area contributed by atoms with Gasteiger partial charge < -0.3 is 20.6 Å². The van der Waals surface area contributed by atoms with Crippen LogP contribution < -0.4 is 5.73 Å². The highest BCUT2D eigenvalue weighted by molar-refractivity contribution is 5.81. The van der Waals surface area contributed by atoms with Crippen LogP contribution >= 0.6 is 0 Å². The SMILES string of the molecule is CN(CCN(C)C1CCCC1)C(=O)[C@@H](N)Cc1ccc(O)cc1. The van der Waals surface area contributed by atoms with Gasteiger partial charge in [-0.3, -0.25) is 4.79 Å². The number of hydrogen-bond donors (Lipinski definition) is 2. The van der Waals surface area contributed by atoms with Crippen LogP contribution in [0.2, 0.25) is 0 Å². The molecule has 1 aliphatic rings. The van der Waals surface area contributed by atoms with Gasteiger partial charge in [-0.1, -0.05) is 25.0 Å². The van der Waals surface area contributed by atoms with Gasteiger partial charge in [0, 0.05) is 26.2 Å². The Morgan fingerprint density at radius 1 is 1.22 bits per heavy atom. The fourth-order valence-electron chi connectivity index (χ4n) is 3.20. The van der Waals surface area contributed by atoms with E-state index in [4.69, 9.17) is 5.73 Å². The first kappa shape index (κ1) is 17.8. The zero-order chi connectivity index (χ0) is 16.8. The van der Waals surface area contributed by atoms with E-state index in [9.17, 15) is 9.90 Å². The summed E-state index contributed by atoms with van der Waals surface area (Å²) < 4.78 is 0. The number of likely N-dealkylation sites (N-methyl/N-ethyl adjacent to an activating group) is 2. The number of phenols is 1. The van der Waals surface area contributed by atoms with Gasteiger partial charge in [-0.2, -0.15) is 0 Å². The van der Waals surface area contributed by atoms with E-state index < -0.39 is 6.04 Å². The maximum atomic E-state index is 12.4. The Morgan fingerprint density at radius 3 is 2.43 bits per heavy atom. The van der Waals surface area contributed by atoms with E-state index in [1.54, 1.807) is 29.2 Å². The number of carbonyl (C=O) groups is 1. The number of phenolic OH excluding ortho intramolecular Hbond substituents is 1. The van der Waals surface area contributed by atoms with Gasteiger partial charge in [0.05, 0.1) is 6.04 Å². The summed E-state index contributed by atoms with van der Waals surface area (Å²) in [6.07, 6.45) is 5.67. The zero-order valence-corrected chi connectivity index (χ0v) is 14.2. The molecule has 0 unspecified atom stereocenters. The standard InChI is InChI=1S/C18H29N3O2/c1-20(15-5-3-4-6-15)11-12-21(2)18(23)17(19)13-14-7-9-16(22)10-8-14/h7-10,15,17,22H,3-6,11-13,19H2,1-2H3/t17-/m0/s1. The van der Waals surface area contributed by atoms with E-state index >= 15 is 0 Å². The van der Waals surface area contributed by atoms with Crippen LogP contribution in [0.25, 0.3) is 0 Å². The van der Waals surface area contributed by atoms with E-state index in [1.165, 1.54) is 25.7 Å². The third-order valence-corrected chi connectivity index (χ3v) is 4.82. The lowest BCUT2D eigenvalue weighted by molar-refractivity contribution is -0.131. The lowest BCUT2D eigenvalue weighted by atomic mass is 10.1. The molecule has 5 nitrogen and oxygen atoms in total. The Labute approximate surface area is 139 Å². The summed E-state index contributed by atoms with van der Waals surface area (Å²) in [4.78, 5) is 16.5. The monoisotopic (exact) mass is 319 g/mol. The summed E-state index contributed by atoms with van der Waals surface area (Å²) in [5, 5.41) is 9.29. The van der Waals surface area contributed by atoms with Gasteiger partial charge in [0.2, 0.25) is 5.91 Å². The Hall–Kier alpha value is -1.59. The van der Waals surface area contributed by atoms with Crippen molar-refractivity contribution in [1.29, 1.82) is 0 Å².